The van der Waals surface area contributed by atoms with Crippen molar-refractivity contribution in [3.05, 3.63) is 59.2 Å². The highest BCUT2D eigenvalue weighted by atomic mass is 32.2. The van der Waals surface area contributed by atoms with E-state index in [2.05, 4.69) is 4.90 Å². The van der Waals surface area contributed by atoms with Crippen molar-refractivity contribution in [1.82, 2.24) is 9.21 Å². The highest BCUT2D eigenvalue weighted by molar-refractivity contribution is 7.82. The highest BCUT2D eigenvalue weighted by Crippen LogP contribution is 2.29. The fraction of sp³-hybridized carbons (Fsp3) is 0.480. The van der Waals surface area contributed by atoms with Crippen LogP contribution in [0.3, 0.4) is 0 Å². The summed E-state index contributed by atoms with van der Waals surface area (Å²) in [5.41, 5.74) is 3.01. The number of rotatable bonds is 8. The Morgan fingerprint density at radius 3 is 2.41 bits per heavy atom. The van der Waals surface area contributed by atoms with Crippen LogP contribution < -0.4 is 4.74 Å². The molecule has 0 aromatic heterocycles. The van der Waals surface area contributed by atoms with Crippen LogP contribution in [0.4, 0.5) is 0 Å². The second-order valence-electron chi connectivity index (χ2n) is 8.80. The minimum atomic E-state index is -1.14. The normalized spacial score (nSPS) is 19.2. The van der Waals surface area contributed by atoms with Gasteiger partial charge in [-0.1, -0.05) is 29.8 Å². The van der Waals surface area contributed by atoms with Gasteiger partial charge in [-0.3, -0.25) is 9.69 Å². The first kappa shape index (κ1) is 23.0. The predicted molar refractivity (Wildman–Crippen MR) is 125 cm³/mol. The van der Waals surface area contributed by atoms with Gasteiger partial charge in [0, 0.05) is 38.3 Å². The Hall–Kier alpha value is -2.22. The number of aryl methyl sites for hydroxylation is 1. The smallest absolute Gasteiger partial charge is 0.307 e. The quantitative estimate of drug-likeness (QED) is 0.655. The van der Waals surface area contributed by atoms with Crippen molar-refractivity contribution in [2.75, 3.05) is 26.2 Å². The number of carbonyl (C=O) groups is 1. The van der Waals surface area contributed by atoms with Crippen LogP contribution >= 0.6 is 0 Å². The summed E-state index contributed by atoms with van der Waals surface area (Å²) in [5.74, 6) is 0.0457. The summed E-state index contributed by atoms with van der Waals surface area (Å²) in [7, 11) is -1.14. The minimum Gasteiger partial charge on any atom is -0.490 e. The number of hydrogen-bond acceptors (Lipinski definition) is 4. The number of benzene rings is 2. The second-order valence-corrected chi connectivity index (χ2v) is 10.3. The van der Waals surface area contributed by atoms with E-state index in [4.69, 9.17) is 4.74 Å². The van der Waals surface area contributed by atoms with Gasteiger partial charge in [-0.2, -0.15) is 0 Å². The van der Waals surface area contributed by atoms with Gasteiger partial charge < -0.3 is 9.84 Å². The van der Waals surface area contributed by atoms with Crippen molar-refractivity contribution in [2.24, 2.45) is 0 Å². The molecule has 2 aromatic rings. The fourth-order valence-electron chi connectivity index (χ4n) is 4.44. The van der Waals surface area contributed by atoms with Crippen molar-refractivity contribution in [3.8, 4) is 5.75 Å². The molecule has 1 aliphatic carbocycles. The third kappa shape index (κ3) is 5.97. The number of nitrogens with zero attached hydrogens (tertiary/aromatic N) is 2. The van der Waals surface area contributed by atoms with E-state index >= 15 is 0 Å². The molecule has 2 fully saturated rings. The van der Waals surface area contributed by atoms with Gasteiger partial charge in [0.25, 0.3) is 0 Å². The maximum atomic E-state index is 12.9. The van der Waals surface area contributed by atoms with Crippen molar-refractivity contribution in [1.29, 1.82) is 0 Å². The number of piperazine rings is 1. The summed E-state index contributed by atoms with van der Waals surface area (Å²) >= 11 is 0. The lowest BCUT2D eigenvalue weighted by Gasteiger charge is -2.34. The van der Waals surface area contributed by atoms with Gasteiger partial charge in [0.1, 0.15) is 16.7 Å². The number of aliphatic carboxylic acids is 1. The van der Waals surface area contributed by atoms with Crippen molar-refractivity contribution in [2.45, 2.75) is 56.6 Å². The zero-order valence-electron chi connectivity index (χ0n) is 18.7. The van der Waals surface area contributed by atoms with Crippen molar-refractivity contribution in [3.63, 3.8) is 0 Å². The van der Waals surface area contributed by atoms with Crippen LogP contribution in [0.25, 0.3) is 0 Å². The molecule has 172 valence electrons. The topological polar surface area (TPSA) is 70.1 Å². The van der Waals surface area contributed by atoms with E-state index in [1.165, 1.54) is 12.8 Å². The summed E-state index contributed by atoms with van der Waals surface area (Å²) in [6.45, 7) is 5.82. The van der Waals surface area contributed by atoms with Gasteiger partial charge in [0.2, 0.25) is 0 Å². The Bertz CT molecular complexity index is 949. The van der Waals surface area contributed by atoms with Gasteiger partial charge in [-0.25, -0.2) is 8.51 Å². The van der Waals surface area contributed by atoms with Crippen LogP contribution in [0.1, 0.15) is 42.4 Å². The van der Waals surface area contributed by atoms with E-state index < -0.39 is 17.0 Å². The molecular formula is C25H32N2O4S. The van der Waals surface area contributed by atoms with Crippen LogP contribution in [-0.2, 0) is 28.7 Å². The van der Waals surface area contributed by atoms with Crippen molar-refractivity contribution >= 4 is 17.0 Å². The summed E-state index contributed by atoms with van der Waals surface area (Å²) in [6.07, 6.45) is 4.85. The van der Waals surface area contributed by atoms with Gasteiger partial charge >= 0.3 is 5.97 Å². The lowest BCUT2D eigenvalue weighted by atomic mass is 10.1. The fourth-order valence-corrected chi connectivity index (χ4v) is 5.60. The molecule has 0 spiro atoms. The van der Waals surface area contributed by atoms with Crippen molar-refractivity contribution < 1.29 is 18.8 Å². The molecule has 0 radical (unpaired) electrons. The monoisotopic (exact) mass is 456 g/mol. The van der Waals surface area contributed by atoms with Gasteiger partial charge in [-0.15, -0.1) is 0 Å². The predicted octanol–water partition coefficient (Wildman–Crippen LogP) is 3.78. The molecule has 4 rings (SSSR count). The number of carboxylic acids is 1. The lowest BCUT2D eigenvalue weighted by Crippen LogP contribution is -2.46. The maximum absolute atomic E-state index is 12.9. The second kappa shape index (κ2) is 10.6. The van der Waals surface area contributed by atoms with E-state index in [0.29, 0.717) is 6.54 Å². The molecule has 7 heteroatoms. The molecule has 2 aromatic carbocycles. The molecule has 32 heavy (non-hydrogen) atoms. The number of carboxylic acid groups (broad SMARTS) is 1. The standard InChI is InChI=1S/C25H32N2O4S/c1-19-6-9-23(10-7-19)32(30)27-14-12-26(13-15-27)18-21-16-20(17-25(28)29)8-11-24(21)31-22-4-2-3-5-22/h6-11,16,22H,2-5,12-15,17-18H2,1H3,(H,28,29). The van der Waals surface area contributed by atoms with Crippen LogP contribution in [0, 0.1) is 6.92 Å². The van der Waals surface area contributed by atoms with E-state index in [9.17, 15) is 14.1 Å². The molecular weight excluding hydrogens is 424 g/mol. The van der Waals surface area contributed by atoms with Crippen LogP contribution in [0.15, 0.2) is 47.4 Å². The van der Waals surface area contributed by atoms with Gasteiger partial charge in [-0.05, 0) is 56.4 Å². The molecule has 1 saturated heterocycles. The molecule has 1 saturated carbocycles. The molecule has 1 unspecified atom stereocenters. The molecule has 2 aliphatic rings. The molecule has 1 heterocycles. The Kier molecular flexibility index (Phi) is 7.60. The van der Waals surface area contributed by atoms with Crippen LogP contribution in [0.5, 0.6) is 5.75 Å². The first-order valence-electron chi connectivity index (χ1n) is 11.4. The third-order valence-corrected chi connectivity index (χ3v) is 7.77. The average Bonchev–Trinajstić information content (AvgIpc) is 3.29. The lowest BCUT2D eigenvalue weighted by molar-refractivity contribution is -0.136. The highest BCUT2D eigenvalue weighted by Gasteiger charge is 2.24. The number of ether oxygens (including phenoxy) is 1. The summed E-state index contributed by atoms with van der Waals surface area (Å²) in [4.78, 5) is 14.4. The molecule has 0 amide bonds. The largest absolute Gasteiger partial charge is 0.490 e. The summed E-state index contributed by atoms with van der Waals surface area (Å²) in [5, 5.41) is 9.19. The minimum absolute atomic E-state index is 0.0139. The average molecular weight is 457 g/mol. The zero-order valence-corrected chi connectivity index (χ0v) is 19.5. The Labute approximate surface area is 192 Å². The Balaban J connectivity index is 1.40. The van der Waals surface area contributed by atoms with Crippen LogP contribution in [0.2, 0.25) is 0 Å². The van der Waals surface area contributed by atoms with E-state index in [-0.39, 0.29) is 12.5 Å². The molecule has 0 bridgehead atoms. The Morgan fingerprint density at radius 2 is 1.75 bits per heavy atom. The molecule has 1 aliphatic heterocycles. The molecule has 1 atom stereocenters. The number of hydrogen-bond donors (Lipinski definition) is 1. The summed E-state index contributed by atoms with van der Waals surface area (Å²) < 4.78 is 21.2. The van der Waals surface area contributed by atoms with E-state index in [1.54, 1.807) is 0 Å². The van der Waals surface area contributed by atoms with Crippen LogP contribution in [-0.4, -0.2) is 56.8 Å². The first-order chi connectivity index (χ1) is 15.5. The molecule has 6 nitrogen and oxygen atoms in total. The zero-order chi connectivity index (χ0) is 22.5. The SMILES string of the molecule is Cc1ccc(S(=O)N2CCN(Cc3cc(CC(=O)O)ccc3OC3CCCC3)CC2)cc1. The first-order valence-corrected chi connectivity index (χ1v) is 12.5. The Morgan fingerprint density at radius 1 is 1.06 bits per heavy atom. The third-order valence-electron chi connectivity index (χ3n) is 6.26. The summed E-state index contributed by atoms with van der Waals surface area (Å²) in [6, 6.07) is 13.7. The van der Waals surface area contributed by atoms with Gasteiger partial charge in [0.05, 0.1) is 17.4 Å². The van der Waals surface area contributed by atoms with Gasteiger partial charge in [0.15, 0.2) is 0 Å². The van der Waals surface area contributed by atoms with E-state index in [1.807, 2.05) is 53.7 Å². The maximum Gasteiger partial charge on any atom is 0.307 e. The van der Waals surface area contributed by atoms with E-state index in [0.717, 1.165) is 66.4 Å². The molecule has 1 N–H and O–H groups in total.